The molecule has 0 radical (unpaired) electrons. The lowest BCUT2D eigenvalue weighted by atomic mass is 9.90. The molecule has 60 heavy (non-hydrogen) atoms. The quantitative estimate of drug-likeness (QED) is 0.237. The fraction of sp³-hybridized carbons (Fsp3) is 0.628. The van der Waals surface area contributed by atoms with Gasteiger partial charge in [-0.2, -0.15) is 0 Å². The lowest BCUT2D eigenvalue weighted by Crippen LogP contribution is -2.59. The molecule has 328 valence electrons. The number of hydrogen-bond donors (Lipinski definition) is 3. The zero-order valence-corrected chi connectivity index (χ0v) is 35.2. The minimum atomic E-state index is -4.23. The number of alkyl halides is 2. The van der Waals surface area contributed by atoms with Gasteiger partial charge in [0.2, 0.25) is 34.1 Å². The maximum Gasteiger partial charge on any atom is 0.408 e. The van der Waals surface area contributed by atoms with E-state index >= 15 is 0 Å². The molecular formula is C43H58F2N6O8S. The smallest absolute Gasteiger partial charge is 0.408 e. The molecule has 4 amide bonds. The first-order valence-corrected chi connectivity index (χ1v) is 22.8. The number of ether oxygens (including phenoxy) is 2. The van der Waals surface area contributed by atoms with Crippen molar-refractivity contribution in [2.75, 3.05) is 6.54 Å². The molecule has 0 spiro atoms. The van der Waals surface area contributed by atoms with E-state index in [1.165, 1.54) is 11.8 Å². The Balaban J connectivity index is 0.00000321. The van der Waals surface area contributed by atoms with Gasteiger partial charge in [0.25, 0.3) is 5.91 Å². The van der Waals surface area contributed by atoms with Crippen LogP contribution in [0.1, 0.15) is 100 Å². The number of aryl methyl sites for hydroxylation is 1. The molecule has 3 aliphatic carbocycles. The van der Waals surface area contributed by atoms with Gasteiger partial charge in [-0.05, 0) is 87.5 Å². The van der Waals surface area contributed by atoms with E-state index in [0.717, 1.165) is 42.9 Å². The fourth-order valence-corrected chi connectivity index (χ4v) is 10.7. The van der Waals surface area contributed by atoms with E-state index in [1.807, 2.05) is 41.1 Å². The van der Waals surface area contributed by atoms with Gasteiger partial charge in [0.05, 0.1) is 22.7 Å². The van der Waals surface area contributed by atoms with Crippen molar-refractivity contribution in [3.05, 3.63) is 42.1 Å². The molecule has 8 atom stereocenters. The molecule has 2 aromatic carbocycles. The second-order valence-electron chi connectivity index (χ2n) is 18.2. The average molecular weight is 857 g/mol. The minimum Gasteiger partial charge on any atom is -0.471 e. The Hall–Kier alpha value is -4.67. The summed E-state index contributed by atoms with van der Waals surface area (Å²) in [6.45, 7) is 6.95. The van der Waals surface area contributed by atoms with E-state index in [4.69, 9.17) is 19.4 Å². The predicted octanol–water partition coefficient (Wildman–Crippen LogP) is 6.04. The van der Waals surface area contributed by atoms with Crippen LogP contribution in [-0.2, 0) is 35.6 Å². The van der Waals surface area contributed by atoms with Crippen molar-refractivity contribution in [3.8, 4) is 5.88 Å². The molecular weight excluding hydrogens is 799 g/mol. The summed E-state index contributed by atoms with van der Waals surface area (Å²) in [6.07, 6.45) is 0.583. The Bertz CT molecular complexity index is 2320. The Morgan fingerprint density at radius 1 is 1.02 bits per heavy atom. The number of rotatable bonds is 7. The second-order valence-corrected chi connectivity index (χ2v) is 20.4. The first-order chi connectivity index (χ1) is 28.5. The number of aromatic nitrogens is 2. The fourth-order valence-electron chi connectivity index (χ4n) is 9.42. The third kappa shape index (κ3) is 7.97. The molecule has 3 N–H and O–H groups in total. The maximum atomic E-state index is 14.7. The summed E-state index contributed by atoms with van der Waals surface area (Å²) in [7, 11) is -4.23. The van der Waals surface area contributed by atoms with Gasteiger partial charge in [-0.15, -0.1) is 0 Å². The summed E-state index contributed by atoms with van der Waals surface area (Å²) in [4.78, 5) is 67.5. The van der Waals surface area contributed by atoms with Crippen molar-refractivity contribution in [2.24, 2.45) is 23.7 Å². The summed E-state index contributed by atoms with van der Waals surface area (Å²) in [5.41, 5.74) is -0.303. The van der Waals surface area contributed by atoms with Crippen molar-refractivity contribution in [1.82, 2.24) is 30.2 Å². The number of sulfonamides is 1. The SMILES string of the molecule is CC(C)[C@@H]1NC(=O)O[C@@H]2CC[C@H](C)[C@H]2CCCCCc2nc3ccc4ccccc4c3nc2O[C@@H]2C[C@@H](C(=O)N[C@]3(C(=O)NS(=O)(=O)C4(C)CC4)C[C@H]3C(F)F)N(C2)C1=O.[HH].[HH]. The third-order valence-corrected chi connectivity index (χ3v) is 15.8. The van der Waals surface area contributed by atoms with Crippen LogP contribution in [0.15, 0.2) is 36.4 Å². The number of nitrogens with zero attached hydrogens (tertiary/aromatic N) is 3. The molecule has 3 heterocycles. The lowest BCUT2D eigenvalue weighted by molar-refractivity contribution is -0.142. The summed E-state index contributed by atoms with van der Waals surface area (Å²) < 4.78 is 68.1. The highest BCUT2D eigenvalue weighted by Crippen LogP contribution is 2.49. The Morgan fingerprint density at radius 2 is 1.78 bits per heavy atom. The number of amides is 4. The topological polar surface area (TPSA) is 186 Å². The van der Waals surface area contributed by atoms with E-state index < -0.39 is 87.0 Å². The van der Waals surface area contributed by atoms with Crippen LogP contribution < -0.4 is 20.1 Å². The zero-order chi connectivity index (χ0) is 42.7. The van der Waals surface area contributed by atoms with Crippen LogP contribution in [0.5, 0.6) is 5.88 Å². The minimum absolute atomic E-state index is 0. The van der Waals surface area contributed by atoms with Crippen LogP contribution in [0.2, 0.25) is 0 Å². The Kier molecular flexibility index (Phi) is 11.2. The molecule has 0 unspecified atom stereocenters. The van der Waals surface area contributed by atoms with Gasteiger partial charge >= 0.3 is 6.09 Å². The predicted molar refractivity (Wildman–Crippen MR) is 222 cm³/mol. The van der Waals surface area contributed by atoms with E-state index in [9.17, 15) is 36.4 Å². The van der Waals surface area contributed by atoms with Crippen molar-refractivity contribution < 1.29 is 48.7 Å². The monoisotopic (exact) mass is 856 g/mol. The number of carbonyl (C=O) groups excluding carboxylic acids is 4. The highest BCUT2D eigenvalue weighted by Gasteiger charge is 2.67. The van der Waals surface area contributed by atoms with Gasteiger partial charge in [-0.3, -0.25) is 19.1 Å². The normalized spacial score (nSPS) is 30.7. The standard InChI is InChI=1S/C43H54F2N6O8S.2H2/c1-23(2)34-39(53)51-22-26(20-32(51)37(52)49-43(21-29(43)36(44)45)40(54)50-60(56,57)42(4)18-19-42)58-38-31(46-30-16-15-25-10-8-9-12-28(25)35(30)47-38)13-7-5-6-11-27-24(3)14-17-33(27)59-41(55)48-34;;/h8-10,12,15-16,23-24,26-27,29,32-34,36H,5-7,11,13-14,17-22H2,1-4H3,(H,48,55)(H,49,52)(H,50,54);2*1H/t24-,26+,27+,29-,32-,33+,34-,43+;;/m0../s1. The van der Waals surface area contributed by atoms with Crippen molar-refractivity contribution in [3.63, 3.8) is 0 Å². The van der Waals surface area contributed by atoms with Gasteiger partial charge in [-0.1, -0.05) is 63.9 Å². The Morgan fingerprint density at radius 3 is 2.50 bits per heavy atom. The molecule has 2 bridgehead atoms. The number of carbonyl (C=O) groups is 4. The van der Waals surface area contributed by atoms with Crippen LogP contribution in [-0.4, -0.2) is 94.6 Å². The molecule has 14 nitrogen and oxygen atoms in total. The van der Waals surface area contributed by atoms with Gasteiger partial charge in [-0.25, -0.2) is 32.0 Å². The average Bonchev–Trinajstić information content (AvgIpc) is 4.06. The highest BCUT2D eigenvalue weighted by atomic mass is 32.2. The van der Waals surface area contributed by atoms with Crippen LogP contribution >= 0.6 is 0 Å². The molecule has 1 aromatic heterocycles. The molecule has 3 aromatic rings. The Labute approximate surface area is 351 Å². The van der Waals surface area contributed by atoms with Gasteiger partial charge < -0.3 is 25.0 Å². The first-order valence-electron chi connectivity index (χ1n) is 21.3. The number of benzene rings is 2. The van der Waals surface area contributed by atoms with Crippen molar-refractivity contribution >= 4 is 55.6 Å². The highest BCUT2D eigenvalue weighted by molar-refractivity contribution is 7.91. The van der Waals surface area contributed by atoms with Crippen LogP contribution in [0, 0.1) is 23.7 Å². The van der Waals surface area contributed by atoms with E-state index in [0.29, 0.717) is 48.3 Å². The number of fused-ring (bicyclic) bond motifs is 7. The van der Waals surface area contributed by atoms with Crippen LogP contribution in [0.3, 0.4) is 0 Å². The van der Waals surface area contributed by atoms with Gasteiger partial charge in [0.1, 0.15) is 41.0 Å². The zero-order valence-electron chi connectivity index (χ0n) is 34.4. The summed E-state index contributed by atoms with van der Waals surface area (Å²) in [5, 5.41) is 7.06. The van der Waals surface area contributed by atoms with E-state index in [1.54, 1.807) is 13.8 Å². The lowest BCUT2D eigenvalue weighted by Gasteiger charge is -2.31. The van der Waals surface area contributed by atoms with Gasteiger partial charge in [0.15, 0.2) is 0 Å². The molecule has 2 aliphatic heterocycles. The second kappa shape index (κ2) is 16.0. The van der Waals surface area contributed by atoms with Crippen molar-refractivity contribution in [1.29, 1.82) is 0 Å². The van der Waals surface area contributed by atoms with Gasteiger partial charge in [0, 0.05) is 14.7 Å². The molecule has 4 fully saturated rings. The number of nitrogens with one attached hydrogen (secondary N) is 3. The number of hydrogen-bond acceptors (Lipinski definition) is 10. The number of halogens is 2. The van der Waals surface area contributed by atoms with E-state index in [2.05, 4.69) is 17.6 Å². The molecule has 5 aliphatic rings. The van der Waals surface area contributed by atoms with E-state index in [-0.39, 0.29) is 33.7 Å². The number of alkyl carbamates (subject to hydrolysis) is 1. The maximum absolute atomic E-state index is 14.7. The molecule has 3 saturated carbocycles. The van der Waals surface area contributed by atoms with Crippen LogP contribution in [0.4, 0.5) is 13.6 Å². The first kappa shape index (κ1) is 42.0. The largest absolute Gasteiger partial charge is 0.471 e. The van der Waals surface area contributed by atoms with Crippen molar-refractivity contribution in [2.45, 2.75) is 139 Å². The molecule has 17 heteroatoms. The summed E-state index contributed by atoms with van der Waals surface area (Å²) >= 11 is 0. The summed E-state index contributed by atoms with van der Waals surface area (Å²) in [5.74, 6) is -4.20. The molecule has 1 saturated heterocycles. The summed E-state index contributed by atoms with van der Waals surface area (Å²) in [6, 6.07) is 9.16. The van der Waals surface area contributed by atoms with Crippen LogP contribution in [0.25, 0.3) is 21.8 Å². The molecule has 8 rings (SSSR count). The third-order valence-electron chi connectivity index (χ3n) is 13.7.